The van der Waals surface area contributed by atoms with Crippen molar-refractivity contribution in [1.29, 1.82) is 0 Å². The minimum Gasteiger partial charge on any atom is -0.489 e. The lowest BCUT2D eigenvalue weighted by molar-refractivity contribution is 0.0270. The van der Waals surface area contributed by atoms with Crippen molar-refractivity contribution in [2.75, 3.05) is 13.2 Å². The number of hydrogen-bond acceptors (Lipinski definition) is 6. The van der Waals surface area contributed by atoms with Crippen LogP contribution < -0.4 is 14.8 Å². The third-order valence-electron chi connectivity index (χ3n) is 6.04. The van der Waals surface area contributed by atoms with Gasteiger partial charge < -0.3 is 29.7 Å². The van der Waals surface area contributed by atoms with Crippen LogP contribution in [0.5, 0.6) is 17.2 Å². The predicted octanol–water partition coefficient (Wildman–Crippen LogP) is 6.67. The minimum atomic E-state index is -1.15. The normalized spacial score (nSPS) is 11.6. The second kappa shape index (κ2) is 14.2. The van der Waals surface area contributed by atoms with E-state index in [0.717, 1.165) is 17.5 Å². The van der Waals surface area contributed by atoms with Crippen molar-refractivity contribution in [3.63, 3.8) is 0 Å². The summed E-state index contributed by atoms with van der Waals surface area (Å²) in [6.45, 7) is 4.95. The summed E-state index contributed by atoms with van der Waals surface area (Å²) in [6.07, 6.45) is 1.82. The molecule has 0 fully saturated rings. The molecule has 0 unspecified atom stereocenters. The topological polar surface area (TPSA) is 97.3 Å². The van der Waals surface area contributed by atoms with Gasteiger partial charge in [0.15, 0.2) is 0 Å². The van der Waals surface area contributed by atoms with E-state index in [1.165, 1.54) is 0 Å². The molecule has 3 aromatic carbocycles. The highest BCUT2D eigenvalue weighted by Gasteiger charge is 2.32. The molecular formula is C31H38ClNO6. The zero-order chi connectivity index (χ0) is 28.3. The maximum atomic E-state index is 12.2. The number of carbonyl (C=O) groups is 1. The number of aliphatic hydroxyl groups is 2. The van der Waals surface area contributed by atoms with Gasteiger partial charge in [0.2, 0.25) is 0 Å². The van der Waals surface area contributed by atoms with Crippen LogP contribution in [0.1, 0.15) is 51.2 Å². The Bertz CT molecular complexity index is 1190. The van der Waals surface area contributed by atoms with E-state index in [1.807, 2.05) is 66.7 Å². The first kappa shape index (κ1) is 30.3. The number of hydrogen-bond donors (Lipinski definition) is 3. The summed E-state index contributed by atoms with van der Waals surface area (Å²) in [5.41, 5.74) is 0.224. The van der Waals surface area contributed by atoms with E-state index in [1.54, 1.807) is 26.8 Å². The molecule has 3 N–H and O–H groups in total. The van der Waals surface area contributed by atoms with E-state index < -0.39 is 30.4 Å². The number of aliphatic hydroxyl groups excluding tert-OH is 2. The van der Waals surface area contributed by atoms with Crippen molar-refractivity contribution < 1.29 is 29.2 Å². The highest BCUT2D eigenvalue weighted by molar-refractivity contribution is 6.31. The van der Waals surface area contributed by atoms with Crippen molar-refractivity contribution in [2.24, 2.45) is 0 Å². The van der Waals surface area contributed by atoms with Crippen LogP contribution in [0.4, 0.5) is 4.79 Å². The molecular weight excluding hydrogens is 518 g/mol. The van der Waals surface area contributed by atoms with Gasteiger partial charge in [-0.2, -0.15) is 0 Å². The number of amides is 1. The Kier molecular flexibility index (Phi) is 11.0. The SMILES string of the molecule is CC(C)(C)OC(=O)NC(CO)(CO)CCCCc1ccc(Oc2cccc(OCc3ccccc3)c2)cc1Cl. The summed E-state index contributed by atoms with van der Waals surface area (Å²) in [4.78, 5) is 12.2. The van der Waals surface area contributed by atoms with Gasteiger partial charge in [-0.25, -0.2) is 4.79 Å². The number of benzene rings is 3. The second-order valence-electron chi connectivity index (χ2n) is 10.5. The molecule has 0 aromatic heterocycles. The maximum Gasteiger partial charge on any atom is 0.408 e. The van der Waals surface area contributed by atoms with Crippen LogP contribution >= 0.6 is 11.6 Å². The first-order chi connectivity index (χ1) is 18.6. The molecule has 39 heavy (non-hydrogen) atoms. The van der Waals surface area contributed by atoms with E-state index in [-0.39, 0.29) is 0 Å². The molecule has 0 saturated carbocycles. The Hall–Kier alpha value is -3.26. The van der Waals surface area contributed by atoms with Crippen molar-refractivity contribution in [2.45, 2.75) is 64.2 Å². The number of nitrogens with one attached hydrogen (secondary N) is 1. The van der Waals surface area contributed by atoms with Crippen molar-refractivity contribution in [3.05, 3.63) is 88.9 Å². The van der Waals surface area contributed by atoms with Crippen LogP contribution in [0.25, 0.3) is 0 Å². The van der Waals surface area contributed by atoms with Crippen LogP contribution in [-0.2, 0) is 17.8 Å². The van der Waals surface area contributed by atoms with E-state index in [9.17, 15) is 15.0 Å². The lowest BCUT2D eigenvalue weighted by Crippen LogP contribution is -2.55. The Labute approximate surface area is 235 Å². The molecule has 0 bridgehead atoms. The molecule has 8 heteroatoms. The van der Waals surface area contributed by atoms with E-state index in [2.05, 4.69) is 5.32 Å². The maximum absolute atomic E-state index is 12.2. The number of unbranched alkanes of at least 4 members (excludes halogenated alkanes) is 1. The number of carbonyl (C=O) groups excluding carboxylic acids is 1. The molecule has 3 rings (SSSR count). The third kappa shape index (κ3) is 10.1. The molecule has 3 aromatic rings. The predicted molar refractivity (Wildman–Crippen MR) is 153 cm³/mol. The minimum absolute atomic E-state index is 0.390. The van der Waals surface area contributed by atoms with Gasteiger partial charge >= 0.3 is 6.09 Å². The zero-order valence-corrected chi connectivity index (χ0v) is 23.5. The number of ether oxygens (including phenoxy) is 3. The summed E-state index contributed by atoms with van der Waals surface area (Å²) in [7, 11) is 0. The van der Waals surface area contributed by atoms with Gasteiger partial charge in [0.1, 0.15) is 29.5 Å². The average Bonchev–Trinajstić information content (AvgIpc) is 2.90. The summed E-state index contributed by atoms with van der Waals surface area (Å²) in [5, 5.41) is 22.9. The van der Waals surface area contributed by atoms with Crippen molar-refractivity contribution in [3.8, 4) is 17.2 Å². The highest BCUT2D eigenvalue weighted by Crippen LogP contribution is 2.30. The molecule has 0 saturated heterocycles. The van der Waals surface area contributed by atoms with Gasteiger partial charge in [-0.1, -0.05) is 60.5 Å². The lowest BCUT2D eigenvalue weighted by Gasteiger charge is -2.32. The Balaban J connectivity index is 1.51. The van der Waals surface area contributed by atoms with Crippen molar-refractivity contribution >= 4 is 17.7 Å². The van der Waals surface area contributed by atoms with Gasteiger partial charge in [-0.15, -0.1) is 0 Å². The average molecular weight is 556 g/mol. The Morgan fingerprint density at radius 3 is 2.23 bits per heavy atom. The molecule has 7 nitrogen and oxygen atoms in total. The summed E-state index contributed by atoms with van der Waals surface area (Å²) in [5.74, 6) is 1.97. The molecule has 0 aliphatic heterocycles. The number of aryl methyl sites for hydroxylation is 1. The molecule has 0 atom stereocenters. The quantitative estimate of drug-likeness (QED) is 0.204. The molecule has 0 radical (unpaired) electrons. The first-order valence-electron chi connectivity index (χ1n) is 13.1. The number of rotatable bonds is 13. The second-order valence-corrected chi connectivity index (χ2v) is 10.9. The molecule has 1 amide bonds. The van der Waals surface area contributed by atoms with Gasteiger partial charge in [0.25, 0.3) is 0 Å². The number of halogens is 1. The molecule has 0 aliphatic carbocycles. The van der Waals surface area contributed by atoms with Crippen LogP contribution in [0.15, 0.2) is 72.8 Å². The van der Waals surface area contributed by atoms with Crippen LogP contribution in [0, 0.1) is 0 Å². The van der Waals surface area contributed by atoms with Gasteiger partial charge in [-0.05, 0) is 75.4 Å². The Morgan fingerprint density at radius 1 is 0.872 bits per heavy atom. The smallest absolute Gasteiger partial charge is 0.408 e. The molecule has 210 valence electrons. The molecule has 0 spiro atoms. The van der Waals surface area contributed by atoms with Gasteiger partial charge in [0.05, 0.1) is 18.8 Å². The van der Waals surface area contributed by atoms with E-state index in [4.69, 9.17) is 25.8 Å². The van der Waals surface area contributed by atoms with Gasteiger partial charge in [-0.3, -0.25) is 0 Å². The van der Waals surface area contributed by atoms with E-state index >= 15 is 0 Å². The molecule has 0 heterocycles. The Morgan fingerprint density at radius 2 is 1.56 bits per heavy atom. The number of alkyl carbamates (subject to hydrolysis) is 1. The first-order valence-corrected chi connectivity index (χ1v) is 13.5. The summed E-state index contributed by atoms with van der Waals surface area (Å²) < 4.78 is 17.2. The summed E-state index contributed by atoms with van der Waals surface area (Å²) in [6, 6.07) is 23.0. The molecule has 0 aliphatic rings. The fourth-order valence-corrected chi connectivity index (χ4v) is 4.21. The fraction of sp³-hybridized carbons (Fsp3) is 0.387. The van der Waals surface area contributed by atoms with Crippen LogP contribution in [0.3, 0.4) is 0 Å². The highest BCUT2D eigenvalue weighted by atomic mass is 35.5. The van der Waals surface area contributed by atoms with Crippen LogP contribution in [-0.4, -0.2) is 40.7 Å². The van der Waals surface area contributed by atoms with Crippen LogP contribution in [0.2, 0.25) is 5.02 Å². The zero-order valence-electron chi connectivity index (χ0n) is 22.8. The monoisotopic (exact) mass is 555 g/mol. The fourth-order valence-electron chi connectivity index (χ4n) is 3.95. The lowest BCUT2D eigenvalue weighted by atomic mass is 9.93. The van der Waals surface area contributed by atoms with Gasteiger partial charge in [0, 0.05) is 11.1 Å². The standard InChI is InChI=1S/C31H38ClNO6/c1-30(2,3)39-29(36)33-31(21-34,22-35)17-8-7-12-24-15-16-27(19-28(24)32)38-26-14-9-13-25(18-26)37-20-23-10-5-4-6-11-23/h4-6,9-11,13-16,18-19,34-35H,7-8,12,17,20-22H2,1-3H3,(H,33,36). The van der Waals surface area contributed by atoms with E-state index in [0.29, 0.717) is 48.1 Å². The third-order valence-corrected chi connectivity index (χ3v) is 6.39. The van der Waals surface area contributed by atoms with Crippen molar-refractivity contribution in [1.82, 2.24) is 5.32 Å². The largest absolute Gasteiger partial charge is 0.489 e. The summed E-state index contributed by atoms with van der Waals surface area (Å²) >= 11 is 6.54.